The second-order valence-corrected chi connectivity index (χ2v) is 6.34. The summed E-state index contributed by atoms with van der Waals surface area (Å²) >= 11 is 0. The molecule has 140 valence electrons. The van der Waals surface area contributed by atoms with Gasteiger partial charge in [-0.25, -0.2) is 0 Å². The number of hydrogen-bond donors (Lipinski definition) is 2. The zero-order chi connectivity index (χ0) is 19.8. The van der Waals surface area contributed by atoms with Crippen molar-refractivity contribution in [3.63, 3.8) is 0 Å². The largest absolute Gasteiger partial charge is 0.355 e. The summed E-state index contributed by atoms with van der Waals surface area (Å²) in [7, 11) is 1.59. The molecule has 0 aliphatic rings. The van der Waals surface area contributed by atoms with Gasteiger partial charge in [0, 0.05) is 24.4 Å². The van der Waals surface area contributed by atoms with Crippen LogP contribution >= 0.6 is 0 Å². The molecule has 3 aromatic rings. The summed E-state index contributed by atoms with van der Waals surface area (Å²) in [6.45, 7) is 0. The Morgan fingerprint density at radius 1 is 0.857 bits per heavy atom. The Hall–Kier alpha value is -3.66. The number of anilines is 1. The molecule has 0 radical (unpaired) electrons. The number of carbonyl (C=O) groups excluding carboxylic acids is 2. The summed E-state index contributed by atoms with van der Waals surface area (Å²) in [6, 6.07) is 25.0. The first-order chi connectivity index (χ1) is 13.7. The van der Waals surface area contributed by atoms with Crippen LogP contribution in [0.1, 0.15) is 27.0 Å². The van der Waals surface area contributed by atoms with E-state index in [-0.39, 0.29) is 11.8 Å². The van der Waals surface area contributed by atoms with Gasteiger partial charge in [-0.05, 0) is 47.4 Å². The standard InChI is InChI=1S/C24H22N2O2/c1-25-24(28)20-14-11-18(12-15-20)13-16-23(27)26-22-10-6-5-9-21(22)17-19-7-3-2-4-8-19/h2-16H,17H2,1H3,(H,25,28)(H,26,27)/b16-13+. The Morgan fingerprint density at radius 2 is 1.54 bits per heavy atom. The van der Waals surface area contributed by atoms with E-state index < -0.39 is 0 Å². The van der Waals surface area contributed by atoms with E-state index in [4.69, 9.17) is 0 Å². The summed E-state index contributed by atoms with van der Waals surface area (Å²) in [5, 5.41) is 5.53. The van der Waals surface area contributed by atoms with Gasteiger partial charge in [-0.1, -0.05) is 60.7 Å². The molecular weight excluding hydrogens is 348 g/mol. The van der Waals surface area contributed by atoms with Gasteiger partial charge in [0.25, 0.3) is 5.91 Å². The van der Waals surface area contributed by atoms with Crippen LogP contribution in [0.15, 0.2) is 84.9 Å². The highest BCUT2D eigenvalue weighted by Gasteiger charge is 2.06. The quantitative estimate of drug-likeness (QED) is 0.636. The number of para-hydroxylation sites is 1. The van der Waals surface area contributed by atoms with Gasteiger partial charge in [-0.2, -0.15) is 0 Å². The lowest BCUT2D eigenvalue weighted by Gasteiger charge is -2.10. The van der Waals surface area contributed by atoms with Crippen molar-refractivity contribution in [1.82, 2.24) is 5.32 Å². The number of rotatable bonds is 6. The van der Waals surface area contributed by atoms with Crippen molar-refractivity contribution in [2.75, 3.05) is 12.4 Å². The SMILES string of the molecule is CNC(=O)c1ccc(/C=C/C(=O)Nc2ccccc2Cc2ccccc2)cc1. The minimum Gasteiger partial charge on any atom is -0.355 e. The molecule has 28 heavy (non-hydrogen) atoms. The van der Waals surface area contributed by atoms with Crippen LogP contribution in [-0.2, 0) is 11.2 Å². The summed E-state index contributed by atoms with van der Waals surface area (Å²) < 4.78 is 0. The molecule has 0 aromatic heterocycles. The highest BCUT2D eigenvalue weighted by Crippen LogP contribution is 2.19. The van der Waals surface area contributed by atoms with Crippen LogP contribution in [0.4, 0.5) is 5.69 Å². The maximum atomic E-state index is 12.3. The molecule has 0 aliphatic heterocycles. The van der Waals surface area contributed by atoms with Crippen LogP contribution < -0.4 is 10.6 Å². The molecule has 2 amide bonds. The second kappa shape index (κ2) is 9.33. The molecule has 2 N–H and O–H groups in total. The van der Waals surface area contributed by atoms with Gasteiger partial charge in [0.05, 0.1) is 0 Å². The number of nitrogens with one attached hydrogen (secondary N) is 2. The van der Waals surface area contributed by atoms with Gasteiger partial charge >= 0.3 is 0 Å². The second-order valence-electron chi connectivity index (χ2n) is 6.34. The molecule has 3 aromatic carbocycles. The normalized spacial score (nSPS) is 10.6. The summed E-state index contributed by atoms with van der Waals surface area (Å²) in [5.41, 5.74) is 4.48. The van der Waals surface area contributed by atoms with Crippen LogP contribution in [0.2, 0.25) is 0 Å². The van der Waals surface area contributed by atoms with Crippen LogP contribution in [0.5, 0.6) is 0 Å². The molecule has 0 saturated heterocycles. The maximum Gasteiger partial charge on any atom is 0.251 e. The van der Waals surface area contributed by atoms with E-state index in [1.807, 2.05) is 42.5 Å². The van der Waals surface area contributed by atoms with Crippen molar-refractivity contribution >= 4 is 23.6 Å². The minimum atomic E-state index is -0.198. The Bertz CT molecular complexity index is 977. The molecule has 0 bridgehead atoms. The molecule has 0 aliphatic carbocycles. The summed E-state index contributed by atoms with van der Waals surface area (Å²) in [6.07, 6.45) is 3.97. The van der Waals surface area contributed by atoms with E-state index >= 15 is 0 Å². The van der Waals surface area contributed by atoms with E-state index in [1.165, 1.54) is 11.6 Å². The third kappa shape index (κ3) is 5.17. The van der Waals surface area contributed by atoms with Crippen molar-refractivity contribution in [1.29, 1.82) is 0 Å². The van der Waals surface area contributed by atoms with Gasteiger partial charge in [0.15, 0.2) is 0 Å². The Balaban J connectivity index is 1.66. The highest BCUT2D eigenvalue weighted by molar-refractivity contribution is 6.02. The zero-order valence-corrected chi connectivity index (χ0v) is 15.7. The number of amides is 2. The van der Waals surface area contributed by atoms with Crippen LogP contribution in [0, 0.1) is 0 Å². The number of carbonyl (C=O) groups is 2. The fourth-order valence-electron chi connectivity index (χ4n) is 2.85. The average molecular weight is 370 g/mol. The van der Waals surface area contributed by atoms with Crippen LogP contribution in [0.3, 0.4) is 0 Å². The first kappa shape index (κ1) is 19.1. The molecule has 0 atom stereocenters. The lowest BCUT2D eigenvalue weighted by Crippen LogP contribution is -2.17. The lowest BCUT2D eigenvalue weighted by atomic mass is 10.0. The molecule has 0 fully saturated rings. The van der Waals surface area contributed by atoms with Crippen molar-refractivity contribution in [2.45, 2.75) is 6.42 Å². The average Bonchev–Trinajstić information content (AvgIpc) is 2.74. The molecule has 0 heterocycles. The highest BCUT2D eigenvalue weighted by atomic mass is 16.2. The van der Waals surface area contributed by atoms with E-state index in [2.05, 4.69) is 22.8 Å². The number of benzene rings is 3. The van der Waals surface area contributed by atoms with Gasteiger partial charge in [-0.3, -0.25) is 9.59 Å². The molecule has 0 unspecified atom stereocenters. The third-order valence-electron chi connectivity index (χ3n) is 4.34. The van der Waals surface area contributed by atoms with Crippen molar-refractivity contribution in [3.05, 3.63) is 107 Å². The molecule has 4 nitrogen and oxygen atoms in total. The topological polar surface area (TPSA) is 58.2 Å². The zero-order valence-electron chi connectivity index (χ0n) is 15.7. The van der Waals surface area contributed by atoms with Gasteiger partial charge in [0.2, 0.25) is 5.91 Å². The predicted molar refractivity (Wildman–Crippen MR) is 113 cm³/mol. The molecule has 3 rings (SSSR count). The Labute approximate surface area is 164 Å². The minimum absolute atomic E-state index is 0.136. The monoisotopic (exact) mass is 370 g/mol. The molecular formula is C24H22N2O2. The molecule has 0 saturated carbocycles. The Morgan fingerprint density at radius 3 is 2.25 bits per heavy atom. The first-order valence-corrected chi connectivity index (χ1v) is 9.09. The van der Waals surface area contributed by atoms with E-state index in [1.54, 1.807) is 37.4 Å². The van der Waals surface area contributed by atoms with Crippen LogP contribution in [-0.4, -0.2) is 18.9 Å². The Kier molecular flexibility index (Phi) is 6.37. The maximum absolute atomic E-state index is 12.3. The van der Waals surface area contributed by atoms with Crippen molar-refractivity contribution < 1.29 is 9.59 Å². The smallest absolute Gasteiger partial charge is 0.251 e. The lowest BCUT2D eigenvalue weighted by molar-refractivity contribution is -0.111. The summed E-state index contributed by atoms with van der Waals surface area (Å²) in [4.78, 5) is 23.9. The van der Waals surface area contributed by atoms with E-state index in [0.29, 0.717) is 5.56 Å². The predicted octanol–water partition coefficient (Wildman–Crippen LogP) is 4.29. The fourth-order valence-corrected chi connectivity index (χ4v) is 2.85. The van der Waals surface area contributed by atoms with Crippen molar-refractivity contribution in [3.8, 4) is 0 Å². The number of hydrogen-bond acceptors (Lipinski definition) is 2. The molecule has 0 spiro atoms. The fraction of sp³-hybridized carbons (Fsp3) is 0.0833. The van der Waals surface area contributed by atoms with Crippen molar-refractivity contribution in [2.24, 2.45) is 0 Å². The van der Waals surface area contributed by atoms with Gasteiger partial charge in [-0.15, -0.1) is 0 Å². The van der Waals surface area contributed by atoms with Crippen LogP contribution in [0.25, 0.3) is 6.08 Å². The van der Waals surface area contributed by atoms with E-state index in [0.717, 1.165) is 23.2 Å². The first-order valence-electron chi connectivity index (χ1n) is 9.09. The molecule has 4 heteroatoms. The van der Waals surface area contributed by atoms with Gasteiger partial charge in [0.1, 0.15) is 0 Å². The third-order valence-corrected chi connectivity index (χ3v) is 4.34. The van der Waals surface area contributed by atoms with Gasteiger partial charge < -0.3 is 10.6 Å². The summed E-state index contributed by atoms with van der Waals surface area (Å²) in [5.74, 6) is -0.334. The van der Waals surface area contributed by atoms with E-state index in [9.17, 15) is 9.59 Å².